The van der Waals surface area contributed by atoms with Crippen molar-refractivity contribution in [2.24, 2.45) is 5.92 Å². The van der Waals surface area contributed by atoms with Crippen molar-refractivity contribution < 1.29 is 32.6 Å². The molecule has 0 bridgehead atoms. The molecule has 1 rings (SSSR count). The molecule has 0 spiro atoms. The number of alkyl halides is 3. The predicted octanol–water partition coefficient (Wildman–Crippen LogP) is 2.41. The summed E-state index contributed by atoms with van der Waals surface area (Å²) in [5.41, 5.74) is 0.615. The van der Waals surface area contributed by atoms with Crippen molar-refractivity contribution >= 4 is 11.9 Å². The SMILES string of the molecule is CC(CN(C)CC(=O)NC(C)c1ccc(OC(F)(F)F)cc1)C(=O)O. The predicted molar refractivity (Wildman–Crippen MR) is 84.0 cm³/mol. The van der Waals surface area contributed by atoms with Crippen LogP contribution in [0.3, 0.4) is 0 Å². The first-order valence-corrected chi connectivity index (χ1v) is 7.54. The number of carbonyl (C=O) groups is 2. The molecule has 1 amide bonds. The first-order valence-electron chi connectivity index (χ1n) is 7.54. The Balaban J connectivity index is 2.53. The zero-order valence-electron chi connectivity index (χ0n) is 14.1. The van der Waals surface area contributed by atoms with Gasteiger partial charge in [0.25, 0.3) is 0 Å². The van der Waals surface area contributed by atoms with Gasteiger partial charge in [-0.05, 0) is 31.7 Å². The molecule has 0 aliphatic heterocycles. The van der Waals surface area contributed by atoms with Crippen molar-refractivity contribution in [2.75, 3.05) is 20.1 Å². The molecule has 0 aliphatic carbocycles. The number of benzene rings is 1. The minimum atomic E-state index is -4.75. The van der Waals surface area contributed by atoms with Gasteiger partial charge in [0, 0.05) is 6.54 Å². The standard InChI is InChI=1S/C16H21F3N2O4/c1-10(15(23)24)8-21(3)9-14(22)20-11(2)12-4-6-13(7-5-12)25-16(17,18)19/h4-7,10-11H,8-9H2,1-3H3,(H,20,22)(H,23,24). The van der Waals surface area contributed by atoms with Crippen molar-refractivity contribution in [3.05, 3.63) is 29.8 Å². The van der Waals surface area contributed by atoms with Gasteiger partial charge in [0.05, 0.1) is 18.5 Å². The molecule has 2 N–H and O–H groups in total. The number of nitrogens with zero attached hydrogens (tertiary/aromatic N) is 1. The lowest BCUT2D eigenvalue weighted by Crippen LogP contribution is -2.39. The van der Waals surface area contributed by atoms with Crippen molar-refractivity contribution in [1.82, 2.24) is 10.2 Å². The normalized spacial score (nSPS) is 14.0. The molecule has 1 aromatic carbocycles. The minimum absolute atomic E-state index is 0.0111. The van der Waals surface area contributed by atoms with E-state index in [1.807, 2.05) is 0 Å². The van der Waals surface area contributed by atoms with Gasteiger partial charge in [-0.1, -0.05) is 19.1 Å². The molecule has 2 atom stereocenters. The highest BCUT2D eigenvalue weighted by molar-refractivity contribution is 5.78. The molecule has 25 heavy (non-hydrogen) atoms. The zero-order valence-corrected chi connectivity index (χ0v) is 14.1. The minimum Gasteiger partial charge on any atom is -0.481 e. The van der Waals surface area contributed by atoms with Gasteiger partial charge in [-0.3, -0.25) is 14.5 Å². The number of ether oxygens (including phenoxy) is 1. The number of carbonyl (C=O) groups excluding carboxylic acids is 1. The molecule has 0 aliphatic rings. The van der Waals surface area contributed by atoms with Crippen LogP contribution in [0.5, 0.6) is 5.75 Å². The van der Waals surface area contributed by atoms with Crippen molar-refractivity contribution in [1.29, 1.82) is 0 Å². The molecule has 140 valence electrons. The van der Waals surface area contributed by atoms with Crippen LogP contribution in [0.2, 0.25) is 0 Å². The summed E-state index contributed by atoms with van der Waals surface area (Å²) >= 11 is 0. The lowest BCUT2D eigenvalue weighted by molar-refractivity contribution is -0.274. The van der Waals surface area contributed by atoms with Crippen LogP contribution < -0.4 is 10.1 Å². The maximum atomic E-state index is 12.1. The maximum absolute atomic E-state index is 12.1. The smallest absolute Gasteiger partial charge is 0.481 e. The summed E-state index contributed by atoms with van der Waals surface area (Å²) in [4.78, 5) is 24.3. The number of likely N-dealkylation sites (N-methyl/N-ethyl adjacent to an activating group) is 1. The average Bonchev–Trinajstić information content (AvgIpc) is 2.45. The van der Waals surface area contributed by atoms with Gasteiger partial charge in [-0.25, -0.2) is 0 Å². The number of hydrogen-bond donors (Lipinski definition) is 2. The lowest BCUT2D eigenvalue weighted by atomic mass is 10.1. The van der Waals surface area contributed by atoms with E-state index in [0.717, 1.165) is 0 Å². The molecule has 6 nitrogen and oxygen atoms in total. The molecular formula is C16H21F3N2O4. The van der Waals surface area contributed by atoms with Crippen molar-refractivity contribution in [3.63, 3.8) is 0 Å². The Hall–Kier alpha value is -2.29. The van der Waals surface area contributed by atoms with Gasteiger partial charge in [0.15, 0.2) is 0 Å². The third-order valence-electron chi connectivity index (χ3n) is 3.41. The number of nitrogens with one attached hydrogen (secondary N) is 1. The molecule has 0 saturated heterocycles. The number of hydrogen-bond acceptors (Lipinski definition) is 4. The Bertz CT molecular complexity index is 590. The van der Waals surface area contributed by atoms with E-state index in [1.54, 1.807) is 25.8 Å². The van der Waals surface area contributed by atoms with Crippen molar-refractivity contribution in [3.8, 4) is 5.75 Å². The first-order chi connectivity index (χ1) is 11.5. The Labute approximate surface area is 143 Å². The van der Waals surface area contributed by atoms with E-state index >= 15 is 0 Å². The van der Waals surface area contributed by atoms with Crippen LogP contribution in [0.25, 0.3) is 0 Å². The Morgan fingerprint density at radius 3 is 2.28 bits per heavy atom. The second-order valence-electron chi connectivity index (χ2n) is 5.84. The van der Waals surface area contributed by atoms with Gasteiger partial charge in [-0.15, -0.1) is 13.2 Å². The lowest BCUT2D eigenvalue weighted by Gasteiger charge is -2.20. The highest BCUT2D eigenvalue weighted by Gasteiger charge is 2.31. The third-order valence-corrected chi connectivity index (χ3v) is 3.41. The zero-order chi connectivity index (χ0) is 19.2. The monoisotopic (exact) mass is 362 g/mol. The van der Waals surface area contributed by atoms with Crippen LogP contribution in [0, 0.1) is 5.92 Å². The third kappa shape index (κ3) is 7.88. The Morgan fingerprint density at radius 1 is 1.24 bits per heavy atom. The summed E-state index contributed by atoms with van der Waals surface area (Å²) in [7, 11) is 1.63. The van der Waals surface area contributed by atoms with Gasteiger partial charge < -0.3 is 15.2 Å². The fraction of sp³-hybridized carbons (Fsp3) is 0.500. The fourth-order valence-electron chi connectivity index (χ4n) is 2.18. The average molecular weight is 362 g/mol. The number of carboxylic acids is 1. The number of carboxylic acid groups (broad SMARTS) is 1. The maximum Gasteiger partial charge on any atom is 0.573 e. The second kappa shape index (κ2) is 8.70. The van der Waals surface area contributed by atoms with E-state index < -0.39 is 24.3 Å². The van der Waals surface area contributed by atoms with Gasteiger partial charge >= 0.3 is 12.3 Å². The van der Waals surface area contributed by atoms with Crippen LogP contribution in [0.1, 0.15) is 25.5 Å². The summed E-state index contributed by atoms with van der Waals surface area (Å²) in [5.74, 6) is -2.20. The molecule has 0 fully saturated rings. The number of aliphatic carboxylic acids is 1. The molecule has 9 heteroatoms. The second-order valence-corrected chi connectivity index (χ2v) is 5.84. The van der Waals surface area contributed by atoms with E-state index in [1.165, 1.54) is 24.3 Å². The van der Waals surface area contributed by atoms with Crippen LogP contribution >= 0.6 is 0 Å². The Kier molecular flexibility index (Phi) is 7.22. The van der Waals surface area contributed by atoms with Crippen molar-refractivity contribution in [2.45, 2.75) is 26.3 Å². The van der Waals surface area contributed by atoms with E-state index in [0.29, 0.717) is 5.56 Å². The highest BCUT2D eigenvalue weighted by Crippen LogP contribution is 2.24. The van der Waals surface area contributed by atoms with Crippen LogP contribution in [0.15, 0.2) is 24.3 Å². The largest absolute Gasteiger partial charge is 0.573 e. The summed E-state index contributed by atoms with van der Waals surface area (Å²) in [6, 6.07) is 4.79. The summed E-state index contributed by atoms with van der Waals surface area (Å²) < 4.78 is 40.1. The molecule has 0 heterocycles. The molecular weight excluding hydrogens is 341 g/mol. The molecule has 0 radical (unpaired) electrons. The summed E-state index contributed by atoms with van der Waals surface area (Å²) in [6.07, 6.45) is -4.75. The van der Waals surface area contributed by atoms with Gasteiger partial charge in [-0.2, -0.15) is 0 Å². The summed E-state index contributed by atoms with van der Waals surface area (Å²) in [5, 5.41) is 11.6. The topological polar surface area (TPSA) is 78.9 Å². The van der Waals surface area contributed by atoms with Crippen LogP contribution in [-0.2, 0) is 9.59 Å². The van der Waals surface area contributed by atoms with E-state index in [-0.39, 0.29) is 24.7 Å². The van der Waals surface area contributed by atoms with Crippen LogP contribution in [0.4, 0.5) is 13.2 Å². The first kappa shape index (κ1) is 20.8. The van der Waals surface area contributed by atoms with Gasteiger partial charge in [0.1, 0.15) is 5.75 Å². The number of amides is 1. The Morgan fingerprint density at radius 2 is 1.80 bits per heavy atom. The quantitative estimate of drug-likeness (QED) is 0.743. The number of rotatable bonds is 8. The van der Waals surface area contributed by atoms with Gasteiger partial charge in [0.2, 0.25) is 5.91 Å². The van der Waals surface area contributed by atoms with E-state index in [9.17, 15) is 22.8 Å². The van der Waals surface area contributed by atoms with E-state index in [2.05, 4.69) is 10.1 Å². The highest BCUT2D eigenvalue weighted by atomic mass is 19.4. The van der Waals surface area contributed by atoms with Crippen LogP contribution in [-0.4, -0.2) is 48.4 Å². The number of halogens is 3. The molecule has 0 saturated carbocycles. The molecule has 1 aromatic rings. The molecule has 0 aromatic heterocycles. The fourth-order valence-corrected chi connectivity index (χ4v) is 2.18. The van der Waals surface area contributed by atoms with E-state index in [4.69, 9.17) is 5.11 Å². The summed E-state index contributed by atoms with van der Waals surface area (Å²) in [6.45, 7) is 3.47. The molecule has 2 unspecified atom stereocenters.